The van der Waals surface area contributed by atoms with Gasteiger partial charge in [-0.1, -0.05) is 23.7 Å². The molecule has 0 saturated carbocycles. The number of hydrogen-bond acceptors (Lipinski definition) is 6. The SMILES string of the molecule is COCC(=O)N1[C@H](C)CN(C2=NC(=O)C(=C(Cc3ccc(Cl)cc3C(F)(F)F)c3ccc4[nH]ncc4c3)S2)C[C@@H]1C. The summed E-state index contributed by atoms with van der Waals surface area (Å²) in [6, 6.07) is 8.63. The molecule has 2 aliphatic rings. The number of fused-ring (bicyclic) bond motifs is 1. The van der Waals surface area contributed by atoms with Gasteiger partial charge in [0.2, 0.25) is 5.91 Å². The number of H-pyrrole nitrogens is 1. The number of hydrogen-bond donors (Lipinski definition) is 1. The van der Waals surface area contributed by atoms with Crippen LogP contribution < -0.4 is 0 Å². The van der Waals surface area contributed by atoms with Gasteiger partial charge in [-0.2, -0.15) is 23.3 Å². The lowest BCUT2D eigenvalue weighted by molar-refractivity contribution is -0.142. The minimum absolute atomic E-state index is 0.00828. The van der Waals surface area contributed by atoms with Crippen LogP contribution in [0, 0.1) is 0 Å². The fraction of sp³-hybridized carbons (Fsp3) is 0.357. The van der Waals surface area contributed by atoms with E-state index >= 15 is 0 Å². The fourth-order valence-electron chi connectivity index (χ4n) is 5.39. The summed E-state index contributed by atoms with van der Waals surface area (Å²) in [7, 11) is 1.47. The third-order valence-corrected chi connectivity index (χ3v) is 8.53. The van der Waals surface area contributed by atoms with Crippen LogP contribution in [0.3, 0.4) is 0 Å². The molecule has 216 valence electrons. The number of nitrogens with one attached hydrogen (secondary N) is 1. The van der Waals surface area contributed by atoms with E-state index in [2.05, 4.69) is 15.2 Å². The fourth-order valence-corrected chi connectivity index (χ4v) is 6.60. The number of rotatable bonds is 5. The first-order chi connectivity index (χ1) is 19.5. The molecule has 2 amide bonds. The largest absolute Gasteiger partial charge is 0.416 e. The Labute approximate surface area is 243 Å². The highest BCUT2D eigenvalue weighted by molar-refractivity contribution is 8.18. The van der Waals surface area contributed by atoms with Crippen LogP contribution in [-0.2, 0) is 26.9 Å². The van der Waals surface area contributed by atoms with Crippen molar-refractivity contribution in [2.45, 2.75) is 38.5 Å². The zero-order valence-electron chi connectivity index (χ0n) is 22.5. The Morgan fingerprint density at radius 2 is 1.90 bits per heavy atom. The molecule has 1 saturated heterocycles. The third kappa shape index (κ3) is 6.00. The number of aliphatic imine (C=N–C) groups is 1. The van der Waals surface area contributed by atoms with Crippen LogP contribution in [0.5, 0.6) is 0 Å². The number of halogens is 4. The Morgan fingerprint density at radius 1 is 1.17 bits per heavy atom. The number of thioether (sulfide) groups is 1. The van der Waals surface area contributed by atoms with Gasteiger partial charge in [0, 0.05) is 42.7 Å². The number of carbonyl (C=O) groups is 2. The second-order valence-electron chi connectivity index (χ2n) is 10.1. The predicted molar refractivity (Wildman–Crippen MR) is 152 cm³/mol. The zero-order chi connectivity index (χ0) is 29.5. The molecule has 0 aliphatic carbocycles. The Kier molecular flexibility index (Phi) is 8.18. The molecule has 5 rings (SSSR count). The van der Waals surface area contributed by atoms with E-state index in [4.69, 9.17) is 16.3 Å². The van der Waals surface area contributed by atoms with Crippen molar-refractivity contribution in [2.75, 3.05) is 26.8 Å². The summed E-state index contributed by atoms with van der Waals surface area (Å²) in [5.74, 6) is -0.641. The topological polar surface area (TPSA) is 90.9 Å². The molecule has 1 N–H and O–H groups in total. The van der Waals surface area contributed by atoms with Crippen LogP contribution in [0.4, 0.5) is 13.2 Å². The summed E-state index contributed by atoms with van der Waals surface area (Å²) < 4.78 is 47.0. The normalized spacial score (nSPS) is 21.0. The number of alkyl halides is 3. The molecule has 0 spiro atoms. The Balaban J connectivity index is 1.51. The molecule has 41 heavy (non-hydrogen) atoms. The Bertz CT molecular complexity index is 1560. The standard InChI is InChI=1S/C28H27ClF3N5O3S/c1-15-12-36(13-16(2)37(15)24(38)14-40-3)27-34-26(39)25(41-27)21(17-5-7-23-19(8-17)11-33-35-23)9-18-4-6-20(29)10-22(18)28(30,31)32/h4-8,10-11,15-16H,9,12-14H2,1-3H3,(H,33,35)/t15-,16+. The van der Waals surface area contributed by atoms with E-state index in [-0.39, 0.29) is 46.5 Å². The van der Waals surface area contributed by atoms with Crippen molar-refractivity contribution >= 4 is 56.8 Å². The van der Waals surface area contributed by atoms with Gasteiger partial charge in [0.05, 0.1) is 22.2 Å². The summed E-state index contributed by atoms with van der Waals surface area (Å²) >= 11 is 7.06. The highest BCUT2D eigenvalue weighted by Gasteiger charge is 2.38. The molecule has 3 heterocycles. The number of allylic oxidation sites excluding steroid dienone is 1. The molecule has 0 radical (unpaired) electrons. The lowest BCUT2D eigenvalue weighted by atomic mass is 9.93. The van der Waals surface area contributed by atoms with E-state index in [1.165, 1.54) is 19.2 Å². The third-order valence-electron chi connectivity index (χ3n) is 7.14. The van der Waals surface area contributed by atoms with E-state index in [0.717, 1.165) is 28.7 Å². The van der Waals surface area contributed by atoms with Gasteiger partial charge in [-0.25, -0.2) is 0 Å². The van der Waals surface area contributed by atoms with Gasteiger partial charge in [0.15, 0.2) is 5.17 Å². The van der Waals surface area contributed by atoms with E-state index in [0.29, 0.717) is 29.4 Å². The monoisotopic (exact) mass is 605 g/mol. The molecule has 2 aromatic carbocycles. The highest BCUT2D eigenvalue weighted by atomic mass is 35.5. The Hall–Kier alpha value is -3.35. The van der Waals surface area contributed by atoms with Crippen molar-refractivity contribution in [1.29, 1.82) is 0 Å². The maximum atomic E-state index is 14.0. The zero-order valence-corrected chi connectivity index (χ0v) is 24.0. The molecule has 3 aromatic rings. The number of aromatic amines is 1. The van der Waals surface area contributed by atoms with Gasteiger partial charge in [-0.15, -0.1) is 0 Å². The van der Waals surface area contributed by atoms with E-state index in [9.17, 15) is 22.8 Å². The molecule has 1 fully saturated rings. The summed E-state index contributed by atoms with van der Waals surface area (Å²) in [5, 5.41) is 8.07. The maximum Gasteiger partial charge on any atom is 0.416 e. The van der Waals surface area contributed by atoms with Crippen LogP contribution in [0.15, 0.2) is 52.5 Å². The van der Waals surface area contributed by atoms with Crippen molar-refractivity contribution in [1.82, 2.24) is 20.0 Å². The lowest BCUT2D eigenvalue weighted by Crippen LogP contribution is -2.60. The van der Waals surface area contributed by atoms with Gasteiger partial charge >= 0.3 is 6.18 Å². The van der Waals surface area contributed by atoms with E-state index < -0.39 is 17.6 Å². The molecule has 0 unspecified atom stereocenters. The molecular formula is C28H27ClF3N5O3S. The van der Waals surface area contributed by atoms with Crippen molar-refractivity contribution in [3.05, 3.63) is 69.2 Å². The summed E-state index contributed by atoms with van der Waals surface area (Å²) in [5.41, 5.74) is 0.900. The van der Waals surface area contributed by atoms with Crippen molar-refractivity contribution in [3.63, 3.8) is 0 Å². The van der Waals surface area contributed by atoms with Gasteiger partial charge in [-0.3, -0.25) is 14.7 Å². The Morgan fingerprint density at radius 3 is 2.59 bits per heavy atom. The number of carbonyl (C=O) groups excluding carboxylic acids is 2. The minimum atomic E-state index is -4.63. The molecule has 2 atom stereocenters. The number of amidine groups is 1. The molecular weight excluding hydrogens is 579 g/mol. The predicted octanol–water partition coefficient (Wildman–Crippen LogP) is 5.39. The lowest BCUT2D eigenvalue weighted by Gasteiger charge is -2.44. The number of piperazine rings is 1. The molecule has 1 aromatic heterocycles. The summed E-state index contributed by atoms with van der Waals surface area (Å²) in [4.78, 5) is 34.2. The number of amides is 2. The van der Waals surface area contributed by atoms with Crippen LogP contribution in [0.1, 0.15) is 30.5 Å². The second-order valence-corrected chi connectivity index (χ2v) is 11.5. The average Bonchev–Trinajstić information content (AvgIpc) is 3.53. The number of aromatic nitrogens is 2. The van der Waals surface area contributed by atoms with Crippen LogP contribution >= 0.6 is 23.4 Å². The van der Waals surface area contributed by atoms with Gasteiger partial charge in [0.25, 0.3) is 5.91 Å². The van der Waals surface area contributed by atoms with Gasteiger partial charge in [-0.05, 0) is 73.0 Å². The first-order valence-corrected chi connectivity index (χ1v) is 14.0. The number of methoxy groups -OCH3 is 1. The summed E-state index contributed by atoms with van der Waals surface area (Å²) in [6.45, 7) is 4.69. The van der Waals surface area contributed by atoms with Crippen molar-refractivity contribution in [2.24, 2.45) is 4.99 Å². The van der Waals surface area contributed by atoms with Crippen molar-refractivity contribution in [3.8, 4) is 0 Å². The van der Waals surface area contributed by atoms with Crippen LogP contribution in [0.2, 0.25) is 5.02 Å². The highest BCUT2D eigenvalue weighted by Crippen LogP contribution is 2.41. The van der Waals surface area contributed by atoms with Gasteiger partial charge < -0.3 is 14.5 Å². The quantitative estimate of drug-likeness (QED) is 0.393. The number of benzene rings is 2. The van der Waals surface area contributed by atoms with Crippen LogP contribution in [0.25, 0.3) is 16.5 Å². The molecule has 8 nitrogen and oxygen atoms in total. The van der Waals surface area contributed by atoms with E-state index in [1.54, 1.807) is 29.3 Å². The van der Waals surface area contributed by atoms with E-state index in [1.807, 2.05) is 18.7 Å². The second kappa shape index (κ2) is 11.5. The van der Waals surface area contributed by atoms with Crippen molar-refractivity contribution < 1.29 is 27.5 Å². The number of ether oxygens (including phenoxy) is 1. The first kappa shape index (κ1) is 29.2. The van der Waals surface area contributed by atoms with Crippen LogP contribution in [-0.4, -0.2) is 75.9 Å². The first-order valence-electron chi connectivity index (χ1n) is 12.8. The molecule has 2 aliphatic heterocycles. The summed E-state index contributed by atoms with van der Waals surface area (Å²) in [6.07, 6.45) is -3.19. The number of nitrogens with zero attached hydrogens (tertiary/aromatic N) is 4. The average molecular weight is 606 g/mol. The van der Waals surface area contributed by atoms with Gasteiger partial charge in [0.1, 0.15) is 6.61 Å². The maximum absolute atomic E-state index is 14.0. The molecule has 0 bridgehead atoms. The smallest absolute Gasteiger partial charge is 0.375 e. The molecule has 13 heteroatoms. The minimum Gasteiger partial charge on any atom is -0.375 e.